The van der Waals surface area contributed by atoms with E-state index in [1.165, 1.54) is 11.1 Å². The zero-order valence-corrected chi connectivity index (χ0v) is 18.8. The Morgan fingerprint density at radius 2 is 2.06 bits per heavy atom. The van der Waals surface area contributed by atoms with Gasteiger partial charge < -0.3 is 15.0 Å². The number of piperidine rings is 1. The lowest BCUT2D eigenvalue weighted by atomic mass is 10.1. The Morgan fingerprint density at radius 3 is 2.65 bits per heavy atom. The molecular formula is C19H23N7O3S2. The smallest absolute Gasteiger partial charge is 0.409 e. The Balaban J connectivity index is 1.31. The SMILES string of the molecule is CC(C)C1NC(=S)N(c2ccc(OC(=O)N3CCC(Sc4nc[nH]n4)CC3)cn2)C1=O. The summed E-state index contributed by atoms with van der Waals surface area (Å²) in [7, 11) is 0. The number of thioether (sulfide) groups is 1. The second kappa shape index (κ2) is 9.18. The number of hydrogen-bond donors (Lipinski definition) is 2. The first-order valence-electron chi connectivity index (χ1n) is 10.0. The fourth-order valence-corrected chi connectivity index (χ4v) is 4.73. The van der Waals surface area contributed by atoms with Crippen molar-refractivity contribution in [2.45, 2.75) is 43.1 Å². The number of nitrogens with one attached hydrogen (secondary N) is 2. The van der Waals surface area contributed by atoms with E-state index in [2.05, 4.69) is 25.5 Å². The van der Waals surface area contributed by atoms with Gasteiger partial charge in [-0.1, -0.05) is 25.6 Å². The maximum atomic E-state index is 12.6. The van der Waals surface area contributed by atoms with Crippen LogP contribution in [0.3, 0.4) is 0 Å². The molecule has 2 saturated heterocycles. The monoisotopic (exact) mass is 461 g/mol. The highest BCUT2D eigenvalue weighted by Crippen LogP contribution is 2.28. The van der Waals surface area contributed by atoms with Crippen LogP contribution in [0.15, 0.2) is 29.8 Å². The zero-order chi connectivity index (χ0) is 22.0. The van der Waals surface area contributed by atoms with Crippen molar-refractivity contribution in [3.63, 3.8) is 0 Å². The first-order chi connectivity index (χ1) is 14.9. The summed E-state index contributed by atoms with van der Waals surface area (Å²) in [6.07, 6.45) is 4.25. The van der Waals surface area contributed by atoms with Gasteiger partial charge in [0.05, 0.1) is 6.20 Å². The molecule has 0 saturated carbocycles. The first kappa shape index (κ1) is 21.5. The van der Waals surface area contributed by atoms with Crippen LogP contribution in [0.2, 0.25) is 0 Å². The Labute approximate surface area is 189 Å². The third-order valence-electron chi connectivity index (χ3n) is 5.16. The molecule has 0 aliphatic carbocycles. The zero-order valence-electron chi connectivity index (χ0n) is 17.1. The minimum absolute atomic E-state index is 0.105. The lowest BCUT2D eigenvalue weighted by molar-refractivity contribution is -0.119. The summed E-state index contributed by atoms with van der Waals surface area (Å²) in [5, 5.41) is 11.2. The summed E-state index contributed by atoms with van der Waals surface area (Å²) in [5.41, 5.74) is 0. The Bertz CT molecular complexity index is 944. The number of H-pyrrole nitrogens is 1. The number of amides is 2. The second-order valence-electron chi connectivity index (χ2n) is 7.65. The van der Waals surface area contributed by atoms with Crippen molar-refractivity contribution in [1.29, 1.82) is 0 Å². The van der Waals surface area contributed by atoms with E-state index in [9.17, 15) is 9.59 Å². The van der Waals surface area contributed by atoms with Crippen LogP contribution in [0.4, 0.5) is 10.6 Å². The highest BCUT2D eigenvalue weighted by molar-refractivity contribution is 7.99. The third-order valence-corrected chi connectivity index (χ3v) is 6.67. The number of carbonyl (C=O) groups excluding carboxylic acids is 2. The number of anilines is 1. The van der Waals surface area contributed by atoms with Crippen molar-refractivity contribution in [1.82, 2.24) is 30.4 Å². The number of aromatic nitrogens is 4. The molecule has 2 fully saturated rings. The predicted octanol–water partition coefficient (Wildman–Crippen LogP) is 2.20. The minimum atomic E-state index is -0.412. The van der Waals surface area contributed by atoms with E-state index in [4.69, 9.17) is 17.0 Å². The van der Waals surface area contributed by atoms with Crippen LogP contribution in [-0.4, -0.2) is 66.6 Å². The number of likely N-dealkylation sites (tertiary alicyclic amines) is 1. The first-order valence-corrected chi connectivity index (χ1v) is 11.3. The second-order valence-corrected chi connectivity index (χ2v) is 9.31. The maximum Gasteiger partial charge on any atom is 0.415 e. The van der Waals surface area contributed by atoms with E-state index in [1.807, 2.05) is 13.8 Å². The van der Waals surface area contributed by atoms with Gasteiger partial charge in [-0.15, -0.1) is 5.10 Å². The van der Waals surface area contributed by atoms with Crippen molar-refractivity contribution in [3.8, 4) is 5.75 Å². The Morgan fingerprint density at radius 1 is 1.29 bits per heavy atom. The van der Waals surface area contributed by atoms with E-state index in [0.29, 0.717) is 35.0 Å². The summed E-state index contributed by atoms with van der Waals surface area (Å²) >= 11 is 6.89. The van der Waals surface area contributed by atoms with Crippen LogP contribution in [0.5, 0.6) is 5.75 Å². The molecule has 0 aromatic carbocycles. The summed E-state index contributed by atoms with van der Waals surface area (Å²) in [6, 6.07) is 2.87. The molecule has 2 amide bonds. The van der Waals surface area contributed by atoms with Crippen molar-refractivity contribution >= 4 is 46.9 Å². The molecule has 2 N–H and O–H groups in total. The summed E-state index contributed by atoms with van der Waals surface area (Å²) < 4.78 is 5.46. The third kappa shape index (κ3) is 4.79. The molecule has 0 radical (unpaired) electrons. The number of ether oxygens (including phenoxy) is 1. The normalized spacial score (nSPS) is 19.8. The number of carbonyl (C=O) groups is 2. The van der Waals surface area contributed by atoms with Gasteiger partial charge in [-0.2, -0.15) is 0 Å². The van der Waals surface area contributed by atoms with E-state index in [-0.39, 0.29) is 17.9 Å². The molecule has 2 aromatic rings. The predicted molar refractivity (Wildman–Crippen MR) is 119 cm³/mol. The Kier molecular flexibility index (Phi) is 6.37. The van der Waals surface area contributed by atoms with Crippen LogP contribution in [0.1, 0.15) is 26.7 Å². The van der Waals surface area contributed by atoms with Gasteiger partial charge in [0.15, 0.2) is 10.9 Å². The highest BCUT2D eigenvalue weighted by Gasteiger charge is 2.38. The van der Waals surface area contributed by atoms with Gasteiger partial charge in [0.2, 0.25) is 5.16 Å². The largest absolute Gasteiger partial charge is 0.415 e. The molecule has 0 spiro atoms. The van der Waals surface area contributed by atoms with Gasteiger partial charge in [-0.3, -0.25) is 9.89 Å². The van der Waals surface area contributed by atoms with Crippen LogP contribution < -0.4 is 15.0 Å². The minimum Gasteiger partial charge on any atom is -0.409 e. The summed E-state index contributed by atoms with van der Waals surface area (Å²) in [5.74, 6) is 0.684. The van der Waals surface area contributed by atoms with Gasteiger partial charge in [-0.25, -0.2) is 19.7 Å². The van der Waals surface area contributed by atoms with E-state index >= 15 is 0 Å². The molecule has 31 heavy (non-hydrogen) atoms. The van der Waals surface area contributed by atoms with Gasteiger partial charge in [0, 0.05) is 18.3 Å². The summed E-state index contributed by atoms with van der Waals surface area (Å²) in [6.45, 7) is 5.11. The van der Waals surface area contributed by atoms with Crippen LogP contribution >= 0.6 is 24.0 Å². The molecular weight excluding hydrogens is 438 g/mol. The van der Waals surface area contributed by atoms with Gasteiger partial charge in [-0.05, 0) is 43.1 Å². The molecule has 2 aromatic heterocycles. The molecule has 12 heteroatoms. The molecule has 0 bridgehead atoms. The molecule has 164 valence electrons. The number of pyridine rings is 1. The van der Waals surface area contributed by atoms with Crippen molar-refractivity contribution in [2.24, 2.45) is 5.92 Å². The molecule has 10 nitrogen and oxygen atoms in total. The topological polar surface area (TPSA) is 116 Å². The van der Waals surface area contributed by atoms with Crippen molar-refractivity contribution < 1.29 is 14.3 Å². The average molecular weight is 462 g/mol. The van der Waals surface area contributed by atoms with Gasteiger partial charge >= 0.3 is 6.09 Å². The Hall–Kier alpha value is -2.73. The number of nitrogens with zero attached hydrogens (tertiary/aromatic N) is 5. The molecule has 2 aliphatic rings. The highest BCUT2D eigenvalue weighted by atomic mass is 32.2. The fourth-order valence-electron chi connectivity index (χ4n) is 3.46. The number of thiocarbonyl (C=S) groups is 1. The molecule has 1 unspecified atom stereocenters. The van der Waals surface area contributed by atoms with Gasteiger partial charge in [0.1, 0.15) is 18.2 Å². The lowest BCUT2D eigenvalue weighted by Crippen LogP contribution is -2.41. The van der Waals surface area contributed by atoms with E-state index in [0.717, 1.165) is 18.0 Å². The molecule has 4 rings (SSSR count). The molecule has 2 aliphatic heterocycles. The average Bonchev–Trinajstić information content (AvgIpc) is 3.37. The van der Waals surface area contributed by atoms with Crippen LogP contribution in [-0.2, 0) is 4.79 Å². The van der Waals surface area contributed by atoms with Crippen LogP contribution in [0.25, 0.3) is 0 Å². The lowest BCUT2D eigenvalue weighted by Gasteiger charge is -2.30. The van der Waals surface area contributed by atoms with Crippen molar-refractivity contribution in [3.05, 3.63) is 24.7 Å². The molecule has 4 heterocycles. The fraction of sp³-hybridized carbons (Fsp3) is 0.474. The molecule has 1 atom stereocenters. The van der Waals surface area contributed by atoms with Gasteiger partial charge in [0.25, 0.3) is 5.91 Å². The number of hydrogen-bond acceptors (Lipinski definition) is 8. The van der Waals surface area contributed by atoms with Crippen molar-refractivity contribution in [2.75, 3.05) is 18.0 Å². The number of aromatic amines is 1. The maximum absolute atomic E-state index is 12.6. The van der Waals surface area contributed by atoms with Crippen LogP contribution in [0, 0.1) is 5.92 Å². The van der Waals surface area contributed by atoms with E-state index < -0.39 is 6.09 Å². The summed E-state index contributed by atoms with van der Waals surface area (Å²) in [4.78, 5) is 36.5. The standard InChI is InChI=1S/C19H23N7O3S2/c1-11(2)15-16(27)26(18(30)23-15)14-4-3-12(9-20-14)29-19(28)25-7-5-13(6-8-25)31-17-21-10-22-24-17/h3-4,9-11,13,15H,5-8H2,1-2H3,(H,23,30)(H,21,22,24). The quantitative estimate of drug-likeness (QED) is 0.646. The van der Waals surface area contributed by atoms with E-state index in [1.54, 1.807) is 35.1 Å². The number of rotatable bonds is 5.